The van der Waals surface area contributed by atoms with Crippen molar-refractivity contribution in [1.29, 1.82) is 0 Å². The van der Waals surface area contributed by atoms with Crippen molar-refractivity contribution in [2.75, 3.05) is 10.6 Å². The number of fused-ring (bicyclic) bond motifs is 1. The quantitative estimate of drug-likeness (QED) is 0.500. The molecule has 0 unspecified atom stereocenters. The van der Waals surface area contributed by atoms with Gasteiger partial charge in [0.15, 0.2) is 0 Å². The maximum absolute atomic E-state index is 12.5. The minimum atomic E-state index is -0.0419. The van der Waals surface area contributed by atoms with Gasteiger partial charge in [-0.05, 0) is 60.5 Å². The topological polar surface area (TPSA) is 66.9 Å². The van der Waals surface area contributed by atoms with E-state index < -0.39 is 0 Å². The predicted octanol–water partition coefficient (Wildman–Crippen LogP) is 5.17. The molecule has 0 radical (unpaired) electrons. The monoisotopic (exact) mass is 382 g/mol. The number of aryl methyl sites for hydroxylation is 2. The summed E-state index contributed by atoms with van der Waals surface area (Å²) in [6.45, 7) is 3.88. The van der Waals surface area contributed by atoms with E-state index in [0.29, 0.717) is 12.4 Å². The first-order valence-electron chi connectivity index (χ1n) is 9.53. The third kappa shape index (κ3) is 4.58. The van der Waals surface area contributed by atoms with Crippen LogP contribution in [0.25, 0.3) is 10.8 Å². The fraction of sp³-hybridized carbons (Fsp3) is 0.125. The van der Waals surface area contributed by atoms with E-state index in [-0.39, 0.29) is 5.91 Å². The molecule has 0 aliphatic carbocycles. The SMILES string of the molecule is Cc1cc(C)nc(Nc2ccc(NC(=O)Cc3cccc4ccccc34)cc2)n1. The maximum Gasteiger partial charge on any atom is 0.228 e. The summed E-state index contributed by atoms with van der Waals surface area (Å²) < 4.78 is 0. The van der Waals surface area contributed by atoms with Gasteiger partial charge in [0.25, 0.3) is 0 Å². The number of nitrogens with zero attached hydrogens (tertiary/aromatic N) is 2. The van der Waals surface area contributed by atoms with E-state index in [0.717, 1.165) is 39.1 Å². The lowest BCUT2D eigenvalue weighted by Gasteiger charge is -2.10. The number of carbonyl (C=O) groups is 1. The number of aromatic nitrogens is 2. The highest BCUT2D eigenvalue weighted by Crippen LogP contribution is 2.20. The lowest BCUT2D eigenvalue weighted by atomic mass is 10.0. The molecular formula is C24H22N4O. The van der Waals surface area contributed by atoms with E-state index in [2.05, 4.69) is 32.7 Å². The smallest absolute Gasteiger partial charge is 0.228 e. The minimum Gasteiger partial charge on any atom is -0.326 e. The fourth-order valence-corrected chi connectivity index (χ4v) is 3.37. The van der Waals surface area contributed by atoms with Gasteiger partial charge in [0.2, 0.25) is 11.9 Å². The Labute approximate surface area is 169 Å². The average Bonchev–Trinajstić information content (AvgIpc) is 2.69. The molecular weight excluding hydrogens is 360 g/mol. The molecule has 5 heteroatoms. The van der Waals surface area contributed by atoms with Crippen LogP contribution in [0.15, 0.2) is 72.8 Å². The van der Waals surface area contributed by atoms with Gasteiger partial charge in [-0.3, -0.25) is 4.79 Å². The number of rotatable bonds is 5. The molecule has 0 saturated heterocycles. The lowest BCUT2D eigenvalue weighted by Crippen LogP contribution is -2.14. The van der Waals surface area contributed by atoms with Crippen LogP contribution < -0.4 is 10.6 Å². The van der Waals surface area contributed by atoms with Crippen LogP contribution in [0.5, 0.6) is 0 Å². The van der Waals surface area contributed by atoms with Crippen molar-refractivity contribution in [1.82, 2.24) is 9.97 Å². The van der Waals surface area contributed by atoms with Crippen molar-refractivity contribution in [2.24, 2.45) is 0 Å². The zero-order valence-electron chi connectivity index (χ0n) is 16.4. The van der Waals surface area contributed by atoms with Gasteiger partial charge >= 0.3 is 0 Å². The van der Waals surface area contributed by atoms with E-state index in [1.165, 1.54) is 0 Å². The summed E-state index contributed by atoms with van der Waals surface area (Å²) in [5.74, 6) is 0.523. The molecule has 2 N–H and O–H groups in total. The second kappa shape index (κ2) is 8.10. The van der Waals surface area contributed by atoms with Crippen LogP contribution in [-0.4, -0.2) is 15.9 Å². The molecule has 4 rings (SSSR count). The molecule has 5 nitrogen and oxygen atoms in total. The van der Waals surface area contributed by atoms with Gasteiger partial charge in [0, 0.05) is 22.8 Å². The van der Waals surface area contributed by atoms with Crippen LogP contribution in [0.1, 0.15) is 17.0 Å². The molecule has 1 amide bonds. The van der Waals surface area contributed by atoms with Gasteiger partial charge in [-0.1, -0.05) is 42.5 Å². The Morgan fingerprint density at radius 3 is 2.24 bits per heavy atom. The van der Waals surface area contributed by atoms with Crippen molar-refractivity contribution in [3.63, 3.8) is 0 Å². The van der Waals surface area contributed by atoms with E-state index in [1.807, 2.05) is 74.5 Å². The molecule has 0 aliphatic heterocycles. The zero-order chi connectivity index (χ0) is 20.2. The number of nitrogens with one attached hydrogen (secondary N) is 2. The number of anilines is 3. The maximum atomic E-state index is 12.5. The summed E-state index contributed by atoms with van der Waals surface area (Å²) in [5, 5.41) is 8.41. The highest BCUT2D eigenvalue weighted by molar-refractivity contribution is 5.96. The highest BCUT2D eigenvalue weighted by Gasteiger charge is 2.08. The van der Waals surface area contributed by atoms with E-state index in [1.54, 1.807) is 0 Å². The summed E-state index contributed by atoms with van der Waals surface area (Å²) in [5.41, 5.74) is 4.46. The summed E-state index contributed by atoms with van der Waals surface area (Å²) in [4.78, 5) is 21.3. The van der Waals surface area contributed by atoms with Crippen LogP contribution in [0.3, 0.4) is 0 Å². The molecule has 1 aromatic heterocycles. The van der Waals surface area contributed by atoms with Gasteiger partial charge in [-0.25, -0.2) is 9.97 Å². The molecule has 0 bridgehead atoms. The van der Waals surface area contributed by atoms with Crippen LogP contribution in [0, 0.1) is 13.8 Å². The Morgan fingerprint density at radius 1 is 0.828 bits per heavy atom. The van der Waals surface area contributed by atoms with Crippen LogP contribution in [0.2, 0.25) is 0 Å². The van der Waals surface area contributed by atoms with Crippen molar-refractivity contribution in [2.45, 2.75) is 20.3 Å². The summed E-state index contributed by atoms with van der Waals surface area (Å²) in [6.07, 6.45) is 0.331. The van der Waals surface area contributed by atoms with Crippen LogP contribution >= 0.6 is 0 Å². The van der Waals surface area contributed by atoms with Gasteiger partial charge in [-0.15, -0.1) is 0 Å². The highest BCUT2D eigenvalue weighted by atomic mass is 16.1. The normalized spacial score (nSPS) is 10.7. The number of hydrogen-bond donors (Lipinski definition) is 2. The largest absolute Gasteiger partial charge is 0.326 e. The third-order valence-electron chi connectivity index (χ3n) is 4.64. The van der Waals surface area contributed by atoms with Gasteiger partial charge in [0.05, 0.1) is 6.42 Å². The van der Waals surface area contributed by atoms with Crippen LogP contribution in [-0.2, 0) is 11.2 Å². The van der Waals surface area contributed by atoms with Crippen molar-refractivity contribution >= 4 is 34.0 Å². The van der Waals surface area contributed by atoms with Gasteiger partial charge in [0.1, 0.15) is 0 Å². The molecule has 0 saturated carbocycles. The van der Waals surface area contributed by atoms with E-state index >= 15 is 0 Å². The number of hydrogen-bond acceptors (Lipinski definition) is 4. The van der Waals surface area contributed by atoms with Gasteiger partial charge < -0.3 is 10.6 Å². The Bertz CT molecular complexity index is 1140. The minimum absolute atomic E-state index is 0.0419. The summed E-state index contributed by atoms with van der Waals surface area (Å²) >= 11 is 0. The first kappa shape index (κ1) is 18.6. The number of benzene rings is 3. The Kier molecular flexibility index (Phi) is 5.20. The van der Waals surface area contributed by atoms with Gasteiger partial charge in [-0.2, -0.15) is 0 Å². The third-order valence-corrected chi connectivity index (χ3v) is 4.64. The molecule has 0 atom stereocenters. The van der Waals surface area contributed by atoms with Crippen LogP contribution in [0.4, 0.5) is 17.3 Å². The van der Waals surface area contributed by atoms with E-state index in [9.17, 15) is 4.79 Å². The molecule has 3 aromatic carbocycles. The molecule has 144 valence electrons. The summed E-state index contributed by atoms with van der Waals surface area (Å²) in [7, 11) is 0. The Morgan fingerprint density at radius 2 is 1.48 bits per heavy atom. The Balaban J connectivity index is 1.42. The first-order valence-corrected chi connectivity index (χ1v) is 9.53. The Hall–Kier alpha value is -3.73. The molecule has 4 aromatic rings. The first-order chi connectivity index (χ1) is 14.1. The zero-order valence-corrected chi connectivity index (χ0v) is 16.4. The molecule has 0 spiro atoms. The fourth-order valence-electron chi connectivity index (χ4n) is 3.37. The van der Waals surface area contributed by atoms with Crippen molar-refractivity contribution in [3.05, 3.63) is 89.7 Å². The molecule has 1 heterocycles. The van der Waals surface area contributed by atoms with E-state index in [4.69, 9.17) is 0 Å². The summed E-state index contributed by atoms with van der Waals surface area (Å²) in [6, 6.07) is 23.6. The average molecular weight is 382 g/mol. The van der Waals surface area contributed by atoms with Crippen molar-refractivity contribution in [3.8, 4) is 0 Å². The second-order valence-corrected chi connectivity index (χ2v) is 7.04. The lowest BCUT2D eigenvalue weighted by molar-refractivity contribution is -0.115. The number of carbonyl (C=O) groups excluding carboxylic acids is 1. The standard InChI is InChI=1S/C24H22N4O/c1-16-14-17(2)26-24(25-16)28-21-12-10-20(11-13-21)27-23(29)15-19-8-5-7-18-6-3-4-9-22(18)19/h3-14H,15H2,1-2H3,(H,27,29)(H,25,26,28). The molecule has 0 fully saturated rings. The molecule has 29 heavy (non-hydrogen) atoms. The predicted molar refractivity (Wildman–Crippen MR) is 118 cm³/mol. The molecule has 0 aliphatic rings. The second-order valence-electron chi connectivity index (χ2n) is 7.04. The number of amides is 1. The van der Waals surface area contributed by atoms with Crippen molar-refractivity contribution < 1.29 is 4.79 Å².